The van der Waals surface area contributed by atoms with Crippen molar-refractivity contribution in [1.82, 2.24) is 24.6 Å². The number of carbonyl (C=O) groups is 2. The third kappa shape index (κ3) is 5.37. The van der Waals surface area contributed by atoms with E-state index in [4.69, 9.17) is 11.6 Å². The molecule has 2 aromatic carbocycles. The molecule has 0 saturated heterocycles. The maximum atomic E-state index is 13.3. The highest BCUT2D eigenvalue weighted by Gasteiger charge is 2.24. The second kappa shape index (κ2) is 10.2. The van der Waals surface area contributed by atoms with Gasteiger partial charge in [-0.1, -0.05) is 39.7 Å². The van der Waals surface area contributed by atoms with Crippen LogP contribution < -0.4 is 10.6 Å². The lowest BCUT2D eigenvalue weighted by Gasteiger charge is -2.19. The van der Waals surface area contributed by atoms with Crippen molar-refractivity contribution in [3.63, 3.8) is 0 Å². The summed E-state index contributed by atoms with van der Waals surface area (Å²) >= 11 is 9.79. The number of anilines is 1. The number of aryl methyl sites for hydroxylation is 2. The van der Waals surface area contributed by atoms with Crippen LogP contribution in [0, 0.1) is 0 Å². The first-order valence-corrected chi connectivity index (χ1v) is 11.6. The van der Waals surface area contributed by atoms with Gasteiger partial charge in [-0.25, -0.2) is 4.98 Å². The van der Waals surface area contributed by atoms with Crippen LogP contribution in [-0.2, 0) is 25.3 Å². The molecule has 0 fully saturated rings. The Bertz CT molecular complexity index is 1330. The van der Waals surface area contributed by atoms with Crippen LogP contribution in [0.4, 0.5) is 5.69 Å². The van der Waals surface area contributed by atoms with Crippen molar-refractivity contribution in [3.05, 3.63) is 88.0 Å². The van der Waals surface area contributed by atoms with Crippen LogP contribution in [0.1, 0.15) is 16.1 Å². The van der Waals surface area contributed by atoms with E-state index in [0.717, 1.165) is 21.3 Å². The van der Waals surface area contributed by atoms with Crippen LogP contribution in [0.5, 0.6) is 0 Å². The highest BCUT2D eigenvalue weighted by molar-refractivity contribution is 9.10. The number of rotatable bonds is 7. The van der Waals surface area contributed by atoms with Crippen molar-refractivity contribution >= 4 is 45.0 Å². The predicted molar refractivity (Wildman–Crippen MR) is 135 cm³/mol. The molecule has 1 atom stereocenters. The third-order valence-electron chi connectivity index (χ3n) is 5.37. The molecule has 34 heavy (non-hydrogen) atoms. The van der Waals surface area contributed by atoms with Crippen LogP contribution in [0.2, 0.25) is 5.02 Å². The Morgan fingerprint density at radius 3 is 2.53 bits per heavy atom. The first kappa shape index (κ1) is 23.7. The van der Waals surface area contributed by atoms with Crippen LogP contribution in [0.15, 0.2) is 71.7 Å². The van der Waals surface area contributed by atoms with E-state index >= 15 is 0 Å². The van der Waals surface area contributed by atoms with Gasteiger partial charge in [0.1, 0.15) is 11.7 Å². The van der Waals surface area contributed by atoms with Gasteiger partial charge < -0.3 is 15.2 Å². The lowest BCUT2D eigenvalue weighted by Crippen LogP contribution is -2.45. The predicted octanol–water partition coefficient (Wildman–Crippen LogP) is 4.22. The summed E-state index contributed by atoms with van der Waals surface area (Å²) in [6.07, 6.45) is 5.24. The topological polar surface area (TPSA) is 93.8 Å². The summed E-state index contributed by atoms with van der Waals surface area (Å²) in [6.45, 7) is 0. The standard InChI is InChI=1S/C24H22BrClN6O2/c1-31-14-27-13-22(31)15-3-6-18(7-4-15)29-23(33)20(12-16-11-17(25)5-8-19(16)26)30-24(34)21-9-10-28-32(21)2/h3-11,13-14,20H,12H2,1-2H3,(H,29,33)(H,30,34)/t20-/m0/s1. The number of imidazole rings is 1. The van der Waals surface area contributed by atoms with Crippen LogP contribution >= 0.6 is 27.5 Å². The van der Waals surface area contributed by atoms with Gasteiger partial charge in [-0.2, -0.15) is 5.10 Å². The van der Waals surface area contributed by atoms with E-state index in [1.165, 1.54) is 10.9 Å². The molecule has 10 heteroatoms. The molecule has 4 aromatic rings. The van der Waals surface area contributed by atoms with Crippen molar-refractivity contribution in [2.45, 2.75) is 12.5 Å². The third-order valence-corrected chi connectivity index (χ3v) is 6.23. The zero-order valence-corrected chi connectivity index (χ0v) is 20.8. The maximum absolute atomic E-state index is 13.3. The second-order valence-electron chi connectivity index (χ2n) is 7.76. The monoisotopic (exact) mass is 540 g/mol. The quantitative estimate of drug-likeness (QED) is 0.366. The molecular formula is C24H22BrClN6O2. The molecule has 174 valence electrons. The molecule has 2 heterocycles. The molecule has 2 N–H and O–H groups in total. The SMILES string of the molecule is Cn1cncc1-c1ccc(NC(=O)[C@H](Cc2cc(Br)ccc2Cl)NC(=O)c2ccnn2C)cc1. The Hall–Kier alpha value is -3.43. The summed E-state index contributed by atoms with van der Waals surface area (Å²) in [7, 11) is 3.58. The lowest BCUT2D eigenvalue weighted by atomic mass is 10.0. The summed E-state index contributed by atoms with van der Waals surface area (Å²) in [6, 6.07) is 13.6. The first-order valence-electron chi connectivity index (χ1n) is 10.4. The molecule has 0 spiro atoms. The largest absolute Gasteiger partial charge is 0.339 e. The fourth-order valence-corrected chi connectivity index (χ4v) is 4.15. The fraction of sp³-hybridized carbons (Fsp3) is 0.167. The number of benzene rings is 2. The van der Waals surface area contributed by atoms with E-state index in [9.17, 15) is 9.59 Å². The van der Waals surface area contributed by atoms with Gasteiger partial charge in [0.15, 0.2) is 0 Å². The second-order valence-corrected chi connectivity index (χ2v) is 9.09. The molecule has 0 unspecified atom stereocenters. The number of carbonyl (C=O) groups excluding carboxylic acids is 2. The van der Waals surface area contributed by atoms with Crippen LogP contribution in [0.3, 0.4) is 0 Å². The number of nitrogens with zero attached hydrogens (tertiary/aromatic N) is 4. The highest BCUT2D eigenvalue weighted by atomic mass is 79.9. The number of hydrogen-bond donors (Lipinski definition) is 2. The molecule has 0 aliphatic carbocycles. The molecule has 0 radical (unpaired) electrons. The van der Waals surface area contributed by atoms with E-state index in [1.54, 1.807) is 31.7 Å². The van der Waals surface area contributed by atoms with Gasteiger partial charge in [-0.3, -0.25) is 14.3 Å². The zero-order valence-electron chi connectivity index (χ0n) is 18.5. The molecule has 0 saturated carbocycles. The summed E-state index contributed by atoms with van der Waals surface area (Å²) < 4.78 is 4.20. The molecule has 8 nitrogen and oxygen atoms in total. The number of aromatic nitrogens is 4. The van der Waals surface area contributed by atoms with Gasteiger partial charge in [-0.05, 0) is 47.5 Å². The Morgan fingerprint density at radius 2 is 1.88 bits per heavy atom. The van der Waals surface area contributed by atoms with E-state index in [2.05, 4.69) is 36.6 Å². The van der Waals surface area contributed by atoms with Gasteiger partial charge in [-0.15, -0.1) is 0 Å². The first-order chi connectivity index (χ1) is 16.3. The number of hydrogen-bond acceptors (Lipinski definition) is 4. The molecule has 2 aromatic heterocycles. The number of nitrogens with one attached hydrogen (secondary N) is 2. The zero-order chi connectivity index (χ0) is 24.2. The Morgan fingerprint density at radius 1 is 1.12 bits per heavy atom. The van der Waals surface area contributed by atoms with E-state index in [-0.39, 0.29) is 12.3 Å². The van der Waals surface area contributed by atoms with Gasteiger partial charge in [0.25, 0.3) is 5.91 Å². The summed E-state index contributed by atoms with van der Waals surface area (Å²) in [4.78, 5) is 30.2. The minimum absolute atomic E-state index is 0.209. The van der Waals surface area contributed by atoms with Crippen molar-refractivity contribution in [2.75, 3.05) is 5.32 Å². The van der Waals surface area contributed by atoms with Gasteiger partial charge in [0.2, 0.25) is 5.91 Å². The lowest BCUT2D eigenvalue weighted by molar-refractivity contribution is -0.118. The maximum Gasteiger partial charge on any atom is 0.270 e. The molecule has 0 bridgehead atoms. The molecule has 0 aliphatic rings. The summed E-state index contributed by atoms with van der Waals surface area (Å²) in [5.74, 6) is -0.766. The molecule has 4 rings (SSSR count). The summed E-state index contributed by atoms with van der Waals surface area (Å²) in [5.41, 5.74) is 3.62. The summed E-state index contributed by atoms with van der Waals surface area (Å²) in [5, 5.41) is 10.2. The minimum Gasteiger partial charge on any atom is -0.339 e. The Balaban J connectivity index is 1.55. The molecule has 2 amide bonds. The molecular weight excluding hydrogens is 520 g/mol. The van der Waals surface area contributed by atoms with Gasteiger partial charge in [0, 0.05) is 41.9 Å². The average molecular weight is 542 g/mol. The fourth-order valence-electron chi connectivity index (χ4n) is 3.55. The Kier molecular flexibility index (Phi) is 7.14. The van der Waals surface area contributed by atoms with Crippen LogP contribution in [-0.4, -0.2) is 37.2 Å². The molecule has 0 aliphatic heterocycles. The van der Waals surface area contributed by atoms with E-state index in [1.807, 2.05) is 48.0 Å². The minimum atomic E-state index is -0.869. The number of amides is 2. The number of halogens is 2. The van der Waals surface area contributed by atoms with E-state index in [0.29, 0.717) is 16.4 Å². The Labute approximate surface area is 210 Å². The van der Waals surface area contributed by atoms with Crippen molar-refractivity contribution in [2.24, 2.45) is 14.1 Å². The van der Waals surface area contributed by atoms with Crippen molar-refractivity contribution < 1.29 is 9.59 Å². The smallest absolute Gasteiger partial charge is 0.270 e. The van der Waals surface area contributed by atoms with Crippen molar-refractivity contribution in [3.8, 4) is 11.3 Å². The highest BCUT2D eigenvalue weighted by Crippen LogP contribution is 2.24. The average Bonchev–Trinajstić information content (AvgIpc) is 3.44. The van der Waals surface area contributed by atoms with Gasteiger partial charge in [0.05, 0.1) is 18.2 Å². The normalized spacial score (nSPS) is 11.8. The van der Waals surface area contributed by atoms with E-state index < -0.39 is 11.9 Å². The van der Waals surface area contributed by atoms with Gasteiger partial charge >= 0.3 is 0 Å². The van der Waals surface area contributed by atoms with Crippen LogP contribution in [0.25, 0.3) is 11.3 Å². The van der Waals surface area contributed by atoms with Crippen molar-refractivity contribution in [1.29, 1.82) is 0 Å².